The molecule has 0 unspecified atom stereocenters. The number of rotatable bonds is 3. The zero-order valence-corrected chi connectivity index (χ0v) is 12.0. The highest BCUT2D eigenvalue weighted by atomic mass is 79.9. The summed E-state index contributed by atoms with van der Waals surface area (Å²) < 4.78 is 0.775. The summed E-state index contributed by atoms with van der Waals surface area (Å²) in [6, 6.07) is 5.23. The smallest absolute Gasteiger partial charge is 0.254 e. The number of nitrogens with zero attached hydrogens (tertiary/aromatic N) is 1. The van der Waals surface area contributed by atoms with Gasteiger partial charge in [0.25, 0.3) is 5.91 Å². The topological polar surface area (TPSA) is 20.3 Å². The van der Waals surface area contributed by atoms with E-state index in [1.807, 2.05) is 0 Å². The number of carbonyl (C=O) groups is 1. The number of hydrogen-bond acceptors (Lipinski definition) is 1. The largest absolute Gasteiger partial charge is 0.341 e. The molecule has 0 bridgehead atoms. The molecule has 4 heteroatoms. The summed E-state index contributed by atoms with van der Waals surface area (Å²) in [5.41, 5.74) is 0.607. The van der Waals surface area contributed by atoms with Gasteiger partial charge in [0.05, 0.1) is 5.56 Å². The average Bonchev–Trinajstić information content (AvgIpc) is 2.19. The van der Waals surface area contributed by atoms with Gasteiger partial charge in [0.2, 0.25) is 0 Å². The molecule has 0 aliphatic rings. The molecule has 0 aromatic heterocycles. The van der Waals surface area contributed by atoms with Crippen LogP contribution in [-0.2, 0) is 0 Å². The van der Waals surface area contributed by atoms with Gasteiger partial charge in [0.1, 0.15) is 0 Å². The van der Waals surface area contributed by atoms with Crippen molar-refractivity contribution in [2.45, 2.75) is 13.8 Å². The van der Waals surface area contributed by atoms with Crippen LogP contribution in [0.3, 0.4) is 0 Å². The van der Waals surface area contributed by atoms with Crippen LogP contribution in [0.25, 0.3) is 0 Å². The first-order chi connectivity index (χ1) is 7.41. The van der Waals surface area contributed by atoms with Crippen LogP contribution in [0.1, 0.15) is 24.2 Å². The second kappa shape index (κ2) is 5.69. The SMILES string of the molecule is CC(C)CN(C)C(=O)c1cc(Cl)ccc1Br. The summed E-state index contributed by atoms with van der Waals surface area (Å²) in [6.07, 6.45) is 0. The minimum absolute atomic E-state index is 0.0110. The van der Waals surface area contributed by atoms with E-state index in [9.17, 15) is 4.79 Å². The van der Waals surface area contributed by atoms with Gasteiger partial charge in [-0.15, -0.1) is 0 Å². The Balaban J connectivity index is 2.91. The van der Waals surface area contributed by atoms with Crippen LogP contribution in [0.2, 0.25) is 5.02 Å². The summed E-state index contributed by atoms with van der Waals surface area (Å²) in [4.78, 5) is 13.8. The van der Waals surface area contributed by atoms with E-state index in [1.54, 1.807) is 30.1 Å². The second-order valence-electron chi connectivity index (χ2n) is 4.20. The van der Waals surface area contributed by atoms with Crippen molar-refractivity contribution in [2.24, 2.45) is 5.92 Å². The van der Waals surface area contributed by atoms with E-state index >= 15 is 0 Å². The third-order valence-corrected chi connectivity index (χ3v) is 3.07. The molecule has 0 fully saturated rings. The number of halogens is 2. The number of carbonyl (C=O) groups excluding carboxylic acids is 1. The molecule has 1 aromatic rings. The van der Waals surface area contributed by atoms with Gasteiger partial charge < -0.3 is 4.90 Å². The molecule has 0 saturated carbocycles. The number of amides is 1. The van der Waals surface area contributed by atoms with E-state index < -0.39 is 0 Å². The molecule has 1 aromatic carbocycles. The summed E-state index contributed by atoms with van der Waals surface area (Å²) in [6.45, 7) is 4.89. The second-order valence-corrected chi connectivity index (χ2v) is 5.49. The van der Waals surface area contributed by atoms with Crippen molar-refractivity contribution in [3.8, 4) is 0 Å². The molecule has 88 valence electrons. The molecule has 16 heavy (non-hydrogen) atoms. The Morgan fingerprint density at radius 3 is 2.69 bits per heavy atom. The molecule has 0 N–H and O–H groups in total. The van der Waals surface area contributed by atoms with Gasteiger partial charge in [-0.3, -0.25) is 4.79 Å². The van der Waals surface area contributed by atoms with E-state index in [2.05, 4.69) is 29.8 Å². The van der Waals surface area contributed by atoms with Gasteiger partial charge in [0.15, 0.2) is 0 Å². The molecule has 0 aliphatic carbocycles. The fraction of sp³-hybridized carbons (Fsp3) is 0.417. The van der Waals surface area contributed by atoms with Crippen LogP contribution in [0.4, 0.5) is 0 Å². The van der Waals surface area contributed by atoms with Crippen LogP contribution in [0.5, 0.6) is 0 Å². The third-order valence-electron chi connectivity index (χ3n) is 2.14. The lowest BCUT2D eigenvalue weighted by atomic mass is 10.1. The Labute approximate surface area is 110 Å². The van der Waals surface area contributed by atoms with Crippen molar-refractivity contribution in [3.63, 3.8) is 0 Å². The maximum absolute atomic E-state index is 12.1. The van der Waals surface area contributed by atoms with Crippen molar-refractivity contribution in [2.75, 3.05) is 13.6 Å². The van der Waals surface area contributed by atoms with E-state index in [-0.39, 0.29) is 5.91 Å². The first-order valence-corrected chi connectivity index (χ1v) is 6.29. The van der Waals surface area contributed by atoms with Gasteiger partial charge in [-0.2, -0.15) is 0 Å². The van der Waals surface area contributed by atoms with Gasteiger partial charge in [-0.1, -0.05) is 25.4 Å². The monoisotopic (exact) mass is 303 g/mol. The predicted molar refractivity (Wildman–Crippen MR) is 71.0 cm³/mol. The molecule has 0 heterocycles. The maximum atomic E-state index is 12.1. The number of hydrogen-bond donors (Lipinski definition) is 0. The standard InChI is InChI=1S/C12H15BrClNO/c1-8(2)7-15(3)12(16)10-6-9(14)4-5-11(10)13/h4-6,8H,7H2,1-3H3. The molecule has 2 nitrogen and oxygen atoms in total. The Hall–Kier alpha value is -0.540. The zero-order chi connectivity index (χ0) is 12.3. The summed E-state index contributed by atoms with van der Waals surface area (Å²) in [5.74, 6) is 0.440. The van der Waals surface area contributed by atoms with Gasteiger partial charge in [-0.05, 0) is 40.0 Å². The molecule has 0 aliphatic heterocycles. The van der Waals surface area contributed by atoms with Gasteiger partial charge in [-0.25, -0.2) is 0 Å². The molecule has 0 atom stereocenters. The van der Waals surface area contributed by atoms with Crippen LogP contribution in [-0.4, -0.2) is 24.4 Å². The Kier molecular flexibility index (Phi) is 4.81. The Bertz CT molecular complexity index is 393. The molecular weight excluding hydrogens is 289 g/mol. The fourth-order valence-corrected chi connectivity index (χ4v) is 2.09. The first-order valence-electron chi connectivity index (χ1n) is 5.12. The van der Waals surface area contributed by atoms with Crippen molar-refractivity contribution >= 4 is 33.4 Å². The molecular formula is C12H15BrClNO. The lowest BCUT2D eigenvalue weighted by molar-refractivity contribution is 0.0778. The highest BCUT2D eigenvalue weighted by Gasteiger charge is 2.15. The molecule has 0 spiro atoms. The molecule has 1 amide bonds. The average molecular weight is 305 g/mol. The van der Waals surface area contributed by atoms with Gasteiger partial charge >= 0.3 is 0 Å². The van der Waals surface area contributed by atoms with E-state index in [1.165, 1.54) is 0 Å². The molecule has 0 saturated heterocycles. The quantitative estimate of drug-likeness (QED) is 0.831. The Morgan fingerprint density at radius 2 is 2.12 bits per heavy atom. The van der Waals surface area contributed by atoms with Crippen molar-refractivity contribution in [1.82, 2.24) is 4.90 Å². The van der Waals surface area contributed by atoms with Crippen LogP contribution >= 0.6 is 27.5 Å². The van der Waals surface area contributed by atoms with E-state index in [0.29, 0.717) is 16.5 Å². The summed E-state index contributed by atoms with van der Waals surface area (Å²) >= 11 is 9.24. The minimum Gasteiger partial charge on any atom is -0.341 e. The summed E-state index contributed by atoms with van der Waals surface area (Å²) in [7, 11) is 1.80. The van der Waals surface area contributed by atoms with E-state index in [0.717, 1.165) is 11.0 Å². The highest BCUT2D eigenvalue weighted by molar-refractivity contribution is 9.10. The lowest BCUT2D eigenvalue weighted by Crippen LogP contribution is -2.30. The fourth-order valence-electron chi connectivity index (χ4n) is 1.50. The summed E-state index contributed by atoms with van der Waals surface area (Å²) in [5, 5.41) is 0.574. The predicted octanol–water partition coefficient (Wildman–Crippen LogP) is 3.83. The van der Waals surface area contributed by atoms with Crippen LogP contribution < -0.4 is 0 Å². The maximum Gasteiger partial charge on any atom is 0.254 e. The third kappa shape index (κ3) is 3.49. The van der Waals surface area contributed by atoms with Gasteiger partial charge in [0, 0.05) is 23.1 Å². The lowest BCUT2D eigenvalue weighted by Gasteiger charge is -2.20. The van der Waals surface area contributed by atoms with E-state index in [4.69, 9.17) is 11.6 Å². The van der Waals surface area contributed by atoms with Crippen LogP contribution in [0, 0.1) is 5.92 Å². The van der Waals surface area contributed by atoms with Crippen LogP contribution in [0.15, 0.2) is 22.7 Å². The van der Waals surface area contributed by atoms with Crippen molar-refractivity contribution in [1.29, 1.82) is 0 Å². The minimum atomic E-state index is -0.0110. The normalized spacial score (nSPS) is 10.6. The first kappa shape index (κ1) is 13.5. The molecule has 0 radical (unpaired) electrons. The Morgan fingerprint density at radius 1 is 1.50 bits per heavy atom. The highest BCUT2D eigenvalue weighted by Crippen LogP contribution is 2.22. The van der Waals surface area contributed by atoms with Crippen molar-refractivity contribution < 1.29 is 4.79 Å². The van der Waals surface area contributed by atoms with Crippen molar-refractivity contribution in [3.05, 3.63) is 33.3 Å². The zero-order valence-electron chi connectivity index (χ0n) is 9.63. The number of benzene rings is 1. The molecule has 1 rings (SSSR count).